The second kappa shape index (κ2) is 7.11. The number of hydrogen-bond donors (Lipinski definition) is 4. The number of nitrogens with two attached hydrogens (primary N) is 1. The zero-order valence-corrected chi connectivity index (χ0v) is 7.12. The van der Waals surface area contributed by atoms with Crippen molar-refractivity contribution in [3.63, 3.8) is 0 Å². The monoisotopic (exact) mass is 187 g/mol. The van der Waals surface area contributed by atoms with E-state index < -0.39 is 12.0 Å². The van der Waals surface area contributed by atoms with E-state index in [0.717, 1.165) is 6.08 Å². The molecule has 0 aliphatic rings. The molecule has 0 fully saturated rings. The van der Waals surface area contributed by atoms with Gasteiger partial charge in [-0.1, -0.05) is 6.08 Å². The molecular weight excluding hydrogens is 174 g/mol. The lowest BCUT2D eigenvalue weighted by Crippen LogP contribution is -2.35. The number of carboxylic acid groups (broad SMARTS) is 1. The highest BCUT2D eigenvalue weighted by Crippen LogP contribution is 1.70. The molecule has 5 N–H and O–H groups in total. The smallest absolute Gasteiger partial charge is 0.328 e. The molecule has 6 nitrogen and oxygen atoms in total. The maximum atomic E-state index is 10.2. The largest absolute Gasteiger partial charge is 0.478 e. The fourth-order valence-electron chi connectivity index (χ4n) is 0.619. The summed E-state index contributed by atoms with van der Waals surface area (Å²) in [6.07, 6.45) is 2.53. The summed E-state index contributed by atoms with van der Waals surface area (Å²) in [7, 11) is 0. The van der Waals surface area contributed by atoms with Crippen LogP contribution in [0, 0.1) is 0 Å². The first-order valence-electron chi connectivity index (χ1n) is 3.76. The normalized spacial score (nSPS) is 10.2. The highest BCUT2D eigenvalue weighted by molar-refractivity contribution is 5.79. The molecule has 0 bridgehead atoms. The molecule has 0 spiro atoms. The summed E-state index contributed by atoms with van der Waals surface area (Å²) in [6, 6.07) is -0.567. The Bertz CT molecular complexity index is 203. The maximum Gasteiger partial charge on any atom is 0.328 e. The van der Waals surface area contributed by atoms with Crippen LogP contribution >= 0.6 is 0 Å². The standard InChI is InChI=1S/C7H13N3O3/c8-7(13)10-5-4-9-3-1-2-6(11)12/h1-2,9H,3-5H2,(H,11,12)(H3,8,10,13)/b2-1+. The van der Waals surface area contributed by atoms with Crippen molar-refractivity contribution in [2.24, 2.45) is 5.73 Å². The Morgan fingerprint density at radius 1 is 1.38 bits per heavy atom. The second-order valence-corrected chi connectivity index (χ2v) is 2.24. The molecule has 0 aromatic carbocycles. The van der Waals surface area contributed by atoms with Crippen molar-refractivity contribution in [3.05, 3.63) is 12.2 Å². The first-order chi connectivity index (χ1) is 6.13. The maximum absolute atomic E-state index is 10.2. The molecule has 6 heteroatoms. The number of primary amides is 1. The number of carbonyl (C=O) groups excluding carboxylic acids is 1. The van der Waals surface area contributed by atoms with Gasteiger partial charge in [-0.15, -0.1) is 0 Å². The van der Waals surface area contributed by atoms with Gasteiger partial charge in [0.25, 0.3) is 0 Å². The summed E-state index contributed by atoms with van der Waals surface area (Å²) in [5, 5.41) is 13.5. The number of amides is 2. The minimum absolute atomic E-state index is 0.427. The summed E-state index contributed by atoms with van der Waals surface area (Å²) in [5.74, 6) is -0.975. The highest BCUT2D eigenvalue weighted by Gasteiger charge is 1.89. The van der Waals surface area contributed by atoms with Crippen LogP contribution in [-0.2, 0) is 4.79 Å². The molecule has 0 radical (unpaired) electrons. The lowest BCUT2D eigenvalue weighted by molar-refractivity contribution is -0.131. The molecule has 0 aliphatic carbocycles. The van der Waals surface area contributed by atoms with Gasteiger partial charge in [0.05, 0.1) is 0 Å². The molecule has 0 saturated heterocycles. The Labute approximate surface area is 75.8 Å². The van der Waals surface area contributed by atoms with E-state index in [4.69, 9.17) is 10.8 Å². The predicted molar refractivity (Wildman–Crippen MR) is 47.2 cm³/mol. The van der Waals surface area contributed by atoms with E-state index >= 15 is 0 Å². The van der Waals surface area contributed by atoms with Crippen molar-refractivity contribution in [2.75, 3.05) is 19.6 Å². The molecule has 0 aromatic rings. The molecule has 0 atom stereocenters. The van der Waals surface area contributed by atoms with E-state index in [1.807, 2.05) is 0 Å². The number of hydrogen-bond acceptors (Lipinski definition) is 3. The van der Waals surface area contributed by atoms with Crippen molar-refractivity contribution in [1.29, 1.82) is 0 Å². The van der Waals surface area contributed by atoms with Crippen LogP contribution in [0.3, 0.4) is 0 Å². The van der Waals surface area contributed by atoms with E-state index in [9.17, 15) is 9.59 Å². The molecular formula is C7H13N3O3. The minimum Gasteiger partial charge on any atom is -0.478 e. The van der Waals surface area contributed by atoms with E-state index in [-0.39, 0.29) is 0 Å². The fourth-order valence-corrected chi connectivity index (χ4v) is 0.619. The molecule has 2 amide bonds. The van der Waals surface area contributed by atoms with Crippen molar-refractivity contribution < 1.29 is 14.7 Å². The Kier molecular flexibility index (Phi) is 6.26. The summed E-state index contributed by atoms with van der Waals surface area (Å²) >= 11 is 0. The lowest BCUT2D eigenvalue weighted by Gasteiger charge is -2.01. The first kappa shape index (κ1) is 11.4. The van der Waals surface area contributed by atoms with Crippen LogP contribution in [0.4, 0.5) is 4.79 Å². The summed E-state index contributed by atoms with van der Waals surface area (Å²) in [4.78, 5) is 20.2. The van der Waals surface area contributed by atoms with Crippen molar-refractivity contribution >= 4 is 12.0 Å². The first-order valence-corrected chi connectivity index (χ1v) is 3.76. The van der Waals surface area contributed by atoms with Crippen LogP contribution < -0.4 is 16.4 Å². The Morgan fingerprint density at radius 3 is 2.62 bits per heavy atom. The van der Waals surface area contributed by atoms with Crippen LogP contribution in [0.25, 0.3) is 0 Å². The van der Waals surface area contributed by atoms with Gasteiger partial charge in [-0.25, -0.2) is 9.59 Å². The second-order valence-electron chi connectivity index (χ2n) is 2.24. The molecule has 0 aliphatic heterocycles. The Hall–Kier alpha value is -1.56. The van der Waals surface area contributed by atoms with Crippen molar-refractivity contribution in [3.8, 4) is 0 Å². The Balaban J connectivity index is 3.17. The van der Waals surface area contributed by atoms with Gasteiger partial charge in [0.2, 0.25) is 0 Å². The number of carboxylic acids is 1. The van der Waals surface area contributed by atoms with Gasteiger partial charge in [-0.3, -0.25) is 0 Å². The fraction of sp³-hybridized carbons (Fsp3) is 0.429. The lowest BCUT2D eigenvalue weighted by atomic mass is 10.5. The van der Waals surface area contributed by atoms with Gasteiger partial charge in [0.1, 0.15) is 0 Å². The number of nitrogens with one attached hydrogen (secondary N) is 2. The van der Waals surface area contributed by atoms with Crippen LogP contribution in [0.5, 0.6) is 0 Å². The zero-order chi connectivity index (χ0) is 10.1. The van der Waals surface area contributed by atoms with E-state index in [2.05, 4.69) is 10.6 Å². The molecule has 0 unspecified atom stereocenters. The summed E-state index contributed by atoms with van der Waals surface area (Å²) in [6.45, 7) is 1.43. The molecule has 0 heterocycles. The van der Waals surface area contributed by atoms with Gasteiger partial charge < -0.3 is 21.5 Å². The molecule has 0 rings (SSSR count). The third-order valence-corrected chi connectivity index (χ3v) is 1.12. The number of rotatable bonds is 6. The third-order valence-electron chi connectivity index (χ3n) is 1.12. The topological polar surface area (TPSA) is 104 Å². The van der Waals surface area contributed by atoms with Crippen LogP contribution in [-0.4, -0.2) is 36.7 Å². The van der Waals surface area contributed by atoms with Gasteiger partial charge in [0.15, 0.2) is 0 Å². The number of urea groups is 1. The SMILES string of the molecule is NC(=O)NCCNC/C=C/C(=O)O. The summed E-state index contributed by atoms with van der Waals surface area (Å²) < 4.78 is 0. The van der Waals surface area contributed by atoms with Crippen molar-refractivity contribution in [1.82, 2.24) is 10.6 Å². The van der Waals surface area contributed by atoms with Crippen LogP contribution in [0.15, 0.2) is 12.2 Å². The number of carbonyl (C=O) groups is 2. The van der Waals surface area contributed by atoms with Gasteiger partial charge in [0, 0.05) is 25.7 Å². The van der Waals surface area contributed by atoms with E-state index in [1.165, 1.54) is 6.08 Å². The molecule has 13 heavy (non-hydrogen) atoms. The van der Waals surface area contributed by atoms with Crippen molar-refractivity contribution in [2.45, 2.75) is 0 Å². The molecule has 0 aromatic heterocycles. The van der Waals surface area contributed by atoms with Gasteiger partial charge in [-0.2, -0.15) is 0 Å². The average molecular weight is 187 g/mol. The van der Waals surface area contributed by atoms with Crippen LogP contribution in [0.2, 0.25) is 0 Å². The zero-order valence-electron chi connectivity index (χ0n) is 7.12. The molecule has 74 valence electrons. The number of aliphatic carboxylic acids is 1. The van der Waals surface area contributed by atoms with E-state index in [0.29, 0.717) is 19.6 Å². The average Bonchev–Trinajstić information content (AvgIpc) is 2.01. The quantitative estimate of drug-likeness (QED) is 0.312. The summed E-state index contributed by atoms with van der Waals surface area (Å²) in [5.41, 5.74) is 4.80. The van der Waals surface area contributed by atoms with Gasteiger partial charge >= 0.3 is 12.0 Å². The minimum atomic E-state index is -0.975. The Morgan fingerprint density at radius 2 is 2.08 bits per heavy atom. The molecule has 0 saturated carbocycles. The predicted octanol–water partition coefficient (Wildman–Crippen LogP) is -1.11. The third kappa shape index (κ3) is 10.4. The van der Waals surface area contributed by atoms with E-state index in [1.54, 1.807) is 0 Å². The highest BCUT2D eigenvalue weighted by atomic mass is 16.4. The van der Waals surface area contributed by atoms with Crippen LogP contribution in [0.1, 0.15) is 0 Å². The van der Waals surface area contributed by atoms with Gasteiger partial charge in [-0.05, 0) is 0 Å².